The maximum absolute atomic E-state index is 12.9. The first-order valence-electron chi connectivity index (χ1n) is 9.31. The van der Waals surface area contributed by atoms with E-state index < -0.39 is 11.7 Å². The molecule has 1 N–H and O–H groups in total. The highest BCUT2D eigenvalue weighted by Gasteiger charge is 2.31. The molecule has 0 aliphatic carbocycles. The van der Waals surface area contributed by atoms with Gasteiger partial charge in [0.1, 0.15) is 0 Å². The molecule has 27 heavy (non-hydrogen) atoms. The quantitative estimate of drug-likeness (QED) is 0.856. The Hall–Kier alpha value is -1.86. The molecule has 2 aromatic rings. The lowest BCUT2D eigenvalue weighted by molar-refractivity contribution is -0.137. The molecule has 3 rings (SSSR count). The van der Waals surface area contributed by atoms with E-state index in [9.17, 15) is 18.3 Å². The lowest BCUT2D eigenvalue weighted by Crippen LogP contribution is -2.40. The number of hydrogen-bond donors (Lipinski definition) is 1. The molecule has 0 amide bonds. The van der Waals surface area contributed by atoms with Gasteiger partial charge in [0.15, 0.2) is 0 Å². The highest BCUT2D eigenvalue weighted by molar-refractivity contribution is 5.91. The molecule has 1 aliphatic rings. The van der Waals surface area contributed by atoms with Gasteiger partial charge in [-0.3, -0.25) is 4.98 Å². The van der Waals surface area contributed by atoms with Crippen molar-refractivity contribution in [1.82, 2.24) is 9.88 Å². The predicted molar refractivity (Wildman–Crippen MR) is 101 cm³/mol. The van der Waals surface area contributed by atoms with Crippen LogP contribution in [-0.4, -0.2) is 54.3 Å². The third-order valence-electron chi connectivity index (χ3n) is 5.22. The number of halogens is 3. The third kappa shape index (κ3) is 4.90. The molecule has 1 saturated heterocycles. The van der Waals surface area contributed by atoms with Crippen molar-refractivity contribution < 1.29 is 18.3 Å². The summed E-state index contributed by atoms with van der Waals surface area (Å²) < 4.78 is 38.8. The SMILES string of the molecule is CC(O)CN1CCC(CN(C)c2ccnc3cc(C(F)(F)F)ccc23)CC1. The van der Waals surface area contributed by atoms with E-state index in [0.29, 0.717) is 18.0 Å². The van der Waals surface area contributed by atoms with E-state index in [2.05, 4.69) is 14.8 Å². The second kappa shape index (κ2) is 8.02. The van der Waals surface area contributed by atoms with Crippen molar-refractivity contribution in [3.8, 4) is 0 Å². The third-order valence-corrected chi connectivity index (χ3v) is 5.22. The summed E-state index contributed by atoms with van der Waals surface area (Å²) in [5.41, 5.74) is 0.592. The summed E-state index contributed by atoms with van der Waals surface area (Å²) in [6.07, 6.45) is -0.998. The highest BCUT2D eigenvalue weighted by Crippen LogP contribution is 2.33. The highest BCUT2D eigenvalue weighted by atomic mass is 19.4. The maximum Gasteiger partial charge on any atom is 0.416 e. The Bertz CT molecular complexity index is 771. The summed E-state index contributed by atoms with van der Waals surface area (Å²) in [6, 6.07) is 5.61. The number of anilines is 1. The average molecular weight is 381 g/mol. The van der Waals surface area contributed by atoms with E-state index in [1.54, 1.807) is 13.1 Å². The number of aliphatic hydroxyl groups is 1. The molecule has 1 aliphatic heterocycles. The minimum atomic E-state index is -4.36. The Kier molecular flexibility index (Phi) is 5.91. The van der Waals surface area contributed by atoms with Gasteiger partial charge in [0.25, 0.3) is 0 Å². The number of pyridine rings is 1. The van der Waals surface area contributed by atoms with Crippen LogP contribution in [0.15, 0.2) is 30.5 Å². The maximum atomic E-state index is 12.9. The van der Waals surface area contributed by atoms with Crippen molar-refractivity contribution in [2.75, 3.05) is 38.1 Å². The lowest BCUT2D eigenvalue weighted by Gasteiger charge is -2.35. The number of aliphatic hydroxyl groups excluding tert-OH is 1. The molecule has 2 heterocycles. The number of rotatable bonds is 5. The molecule has 0 bridgehead atoms. The van der Waals surface area contributed by atoms with Crippen molar-refractivity contribution in [3.63, 3.8) is 0 Å². The Morgan fingerprint density at radius 1 is 1.26 bits per heavy atom. The topological polar surface area (TPSA) is 39.6 Å². The first-order chi connectivity index (χ1) is 12.7. The zero-order valence-corrected chi connectivity index (χ0v) is 15.7. The van der Waals surface area contributed by atoms with Gasteiger partial charge in [-0.25, -0.2) is 0 Å². The Morgan fingerprint density at radius 3 is 2.59 bits per heavy atom. The van der Waals surface area contributed by atoms with Gasteiger partial charge in [-0.2, -0.15) is 13.2 Å². The number of likely N-dealkylation sites (tertiary alicyclic amines) is 1. The molecular formula is C20H26F3N3O. The van der Waals surface area contributed by atoms with Crippen LogP contribution in [0.3, 0.4) is 0 Å². The van der Waals surface area contributed by atoms with Crippen molar-refractivity contribution in [2.45, 2.75) is 32.0 Å². The van der Waals surface area contributed by atoms with Crippen LogP contribution in [0.2, 0.25) is 0 Å². The normalized spacial score (nSPS) is 18.0. The molecule has 0 spiro atoms. The Labute approximate surface area is 157 Å². The summed E-state index contributed by atoms with van der Waals surface area (Å²) in [4.78, 5) is 8.52. The number of fused-ring (bicyclic) bond motifs is 1. The van der Waals surface area contributed by atoms with E-state index in [1.807, 2.05) is 13.1 Å². The summed E-state index contributed by atoms with van der Waals surface area (Å²) in [5.74, 6) is 0.526. The number of hydrogen-bond acceptors (Lipinski definition) is 4. The summed E-state index contributed by atoms with van der Waals surface area (Å²) in [5, 5.41) is 10.2. The summed E-state index contributed by atoms with van der Waals surface area (Å²) >= 11 is 0. The molecular weight excluding hydrogens is 355 g/mol. The van der Waals surface area contributed by atoms with E-state index >= 15 is 0 Å². The second-order valence-corrected chi connectivity index (χ2v) is 7.53. The van der Waals surface area contributed by atoms with Crippen molar-refractivity contribution in [1.29, 1.82) is 0 Å². The van der Waals surface area contributed by atoms with E-state index in [1.165, 1.54) is 6.07 Å². The van der Waals surface area contributed by atoms with Crippen LogP contribution < -0.4 is 4.90 Å². The van der Waals surface area contributed by atoms with Crippen LogP contribution in [0.5, 0.6) is 0 Å². The smallest absolute Gasteiger partial charge is 0.392 e. The average Bonchev–Trinajstić information content (AvgIpc) is 2.61. The monoisotopic (exact) mass is 381 g/mol. The van der Waals surface area contributed by atoms with Gasteiger partial charge in [0.2, 0.25) is 0 Å². The number of nitrogens with zero attached hydrogens (tertiary/aromatic N) is 3. The lowest BCUT2D eigenvalue weighted by atomic mass is 9.95. The van der Waals surface area contributed by atoms with Crippen molar-refractivity contribution in [3.05, 3.63) is 36.0 Å². The molecule has 0 saturated carbocycles. The fraction of sp³-hybridized carbons (Fsp3) is 0.550. The summed E-state index contributed by atoms with van der Waals surface area (Å²) in [6.45, 7) is 5.30. The van der Waals surface area contributed by atoms with Crippen molar-refractivity contribution in [2.24, 2.45) is 5.92 Å². The van der Waals surface area contributed by atoms with Gasteiger partial charge >= 0.3 is 6.18 Å². The Balaban J connectivity index is 1.70. The van der Waals surface area contributed by atoms with E-state index in [0.717, 1.165) is 55.7 Å². The predicted octanol–water partition coefficient (Wildman–Crippen LogP) is 3.78. The van der Waals surface area contributed by atoms with Crippen molar-refractivity contribution >= 4 is 16.6 Å². The number of benzene rings is 1. The van der Waals surface area contributed by atoms with E-state index in [4.69, 9.17) is 0 Å². The van der Waals surface area contributed by atoms with Gasteiger partial charge in [0.05, 0.1) is 17.2 Å². The van der Waals surface area contributed by atoms with Gasteiger partial charge in [-0.05, 0) is 57.0 Å². The molecule has 0 radical (unpaired) electrons. The number of β-amino-alcohol motifs (C(OH)–C–C–N with tert-alkyl or cyclic N) is 1. The minimum absolute atomic E-state index is 0.311. The van der Waals surface area contributed by atoms with Gasteiger partial charge in [-0.1, -0.05) is 6.07 Å². The molecule has 1 atom stereocenters. The van der Waals surface area contributed by atoms with Crippen LogP contribution in [0.25, 0.3) is 10.9 Å². The standard InChI is InChI=1S/C20H26F3N3O/c1-14(27)12-26-9-6-15(7-10-26)13-25(2)19-5-8-24-18-11-16(20(21,22)23)3-4-17(18)19/h3-5,8,11,14-15,27H,6-7,9-10,12-13H2,1-2H3. The van der Waals surface area contributed by atoms with E-state index in [-0.39, 0.29) is 6.10 Å². The molecule has 4 nitrogen and oxygen atoms in total. The molecule has 1 fully saturated rings. The first kappa shape index (κ1) is 19.9. The van der Waals surface area contributed by atoms with Gasteiger partial charge in [0, 0.05) is 37.4 Å². The molecule has 1 aromatic heterocycles. The summed E-state index contributed by atoms with van der Waals surface area (Å²) in [7, 11) is 1.98. The number of aromatic nitrogens is 1. The van der Waals surface area contributed by atoms with Crippen LogP contribution >= 0.6 is 0 Å². The fourth-order valence-corrected chi connectivity index (χ4v) is 3.85. The Morgan fingerprint density at radius 2 is 1.96 bits per heavy atom. The molecule has 1 unspecified atom stereocenters. The minimum Gasteiger partial charge on any atom is -0.392 e. The first-order valence-corrected chi connectivity index (χ1v) is 9.31. The molecule has 1 aromatic carbocycles. The van der Waals surface area contributed by atoms with Crippen LogP contribution in [-0.2, 0) is 6.18 Å². The van der Waals surface area contributed by atoms with Gasteiger partial charge in [-0.15, -0.1) is 0 Å². The zero-order chi connectivity index (χ0) is 19.6. The van der Waals surface area contributed by atoms with Gasteiger partial charge < -0.3 is 14.9 Å². The number of piperidine rings is 1. The molecule has 7 heteroatoms. The zero-order valence-electron chi connectivity index (χ0n) is 15.7. The fourth-order valence-electron chi connectivity index (χ4n) is 3.85. The van der Waals surface area contributed by atoms with Crippen LogP contribution in [0.1, 0.15) is 25.3 Å². The largest absolute Gasteiger partial charge is 0.416 e. The van der Waals surface area contributed by atoms with Crippen LogP contribution in [0.4, 0.5) is 18.9 Å². The molecule has 148 valence electrons. The number of alkyl halides is 3. The van der Waals surface area contributed by atoms with Crippen LogP contribution in [0, 0.1) is 5.92 Å². The second-order valence-electron chi connectivity index (χ2n) is 7.53.